The average Bonchev–Trinajstić information content (AvgIpc) is 1.94. The second-order valence-corrected chi connectivity index (χ2v) is 16.3. The van der Waals surface area contributed by atoms with E-state index in [1.807, 2.05) is 0 Å². The van der Waals surface area contributed by atoms with Crippen LogP contribution < -0.4 is 0 Å². The van der Waals surface area contributed by atoms with Crippen molar-refractivity contribution in [3.63, 3.8) is 0 Å². The minimum atomic E-state index is -1.15. The van der Waals surface area contributed by atoms with Gasteiger partial charge in [0.2, 0.25) is 0 Å². The van der Waals surface area contributed by atoms with Gasteiger partial charge in [0.1, 0.15) is 0 Å². The SMILES string of the molecule is [Li][C](=C(C=CC)[Si](C)(C)C)[Si](C)(C)C. The van der Waals surface area contributed by atoms with Crippen molar-refractivity contribution < 1.29 is 0 Å². The number of rotatable bonds is 3. The number of hydrogen-bond acceptors (Lipinski definition) is 0. The molecule has 76 valence electrons. The Morgan fingerprint density at radius 1 is 0.929 bits per heavy atom. The molecule has 0 saturated heterocycles. The minimum absolute atomic E-state index is 1.11. The molecule has 0 saturated carbocycles. The standard InChI is InChI=1S/C11H23Si2.Li/c1-8-9-11(13(5,6)7)10-12(2,3)4;/h8-9H,1-7H3;. The fraction of sp³-hybridized carbons (Fsp3) is 0.636. The zero-order valence-electron chi connectivity index (χ0n) is 11.2. The zero-order chi connectivity index (χ0) is 11.6. The molecule has 0 radical (unpaired) electrons. The van der Waals surface area contributed by atoms with Gasteiger partial charge < -0.3 is 0 Å². The summed E-state index contributed by atoms with van der Waals surface area (Å²) < 4.78 is 1.69. The molecule has 0 spiro atoms. The van der Waals surface area contributed by atoms with Gasteiger partial charge in [0.25, 0.3) is 0 Å². The summed E-state index contributed by atoms with van der Waals surface area (Å²) in [7, 11) is -2.26. The van der Waals surface area contributed by atoms with Crippen LogP contribution in [0.3, 0.4) is 0 Å². The maximum absolute atomic E-state index is 2.44. The molecular weight excluding hydrogens is 195 g/mol. The molecule has 3 heteroatoms. The van der Waals surface area contributed by atoms with Gasteiger partial charge in [0.15, 0.2) is 0 Å². The molecule has 0 rings (SSSR count). The second kappa shape index (κ2) is 5.03. The Balaban J connectivity index is 5.40. The zero-order valence-corrected chi connectivity index (χ0v) is 13.2. The molecule has 14 heavy (non-hydrogen) atoms. The molecule has 0 N–H and O–H groups in total. The predicted molar refractivity (Wildman–Crippen MR) is 74.3 cm³/mol. The van der Waals surface area contributed by atoms with E-state index in [0.717, 1.165) is 0 Å². The Labute approximate surface area is 101 Å². The van der Waals surface area contributed by atoms with E-state index in [0.29, 0.717) is 0 Å². The summed E-state index contributed by atoms with van der Waals surface area (Å²) in [6.45, 7) is 16.7. The third-order valence-electron chi connectivity index (χ3n) is 2.67. The van der Waals surface area contributed by atoms with Crippen molar-refractivity contribution in [1.29, 1.82) is 0 Å². The van der Waals surface area contributed by atoms with Gasteiger partial charge in [-0.2, -0.15) is 0 Å². The molecule has 0 amide bonds. The maximum atomic E-state index is 2.44. The summed E-state index contributed by atoms with van der Waals surface area (Å²) in [5, 5.41) is 1.67. The van der Waals surface area contributed by atoms with Crippen LogP contribution in [-0.4, -0.2) is 33.9 Å². The van der Waals surface area contributed by atoms with E-state index in [1.54, 1.807) is 9.07 Å². The van der Waals surface area contributed by atoms with E-state index in [2.05, 4.69) is 76.1 Å². The van der Waals surface area contributed by atoms with Crippen LogP contribution in [0.5, 0.6) is 0 Å². The fourth-order valence-electron chi connectivity index (χ4n) is 1.51. The summed E-state index contributed by atoms with van der Waals surface area (Å²) in [5.41, 5.74) is 0. The molecular formula is C11H23LiSi2. The van der Waals surface area contributed by atoms with Gasteiger partial charge in [-0.05, 0) is 0 Å². The Kier molecular flexibility index (Phi) is 5.21. The van der Waals surface area contributed by atoms with Crippen molar-refractivity contribution in [3.05, 3.63) is 21.2 Å². The fourth-order valence-corrected chi connectivity index (χ4v) is 6.44. The van der Waals surface area contributed by atoms with Crippen molar-refractivity contribution in [2.75, 3.05) is 0 Å². The molecule has 0 atom stereocenters. The van der Waals surface area contributed by atoms with Crippen LogP contribution in [0.25, 0.3) is 0 Å². The van der Waals surface area contributed by atoms with Crippen LogP contribution in [0.1, 0.15) is 6.92 Å². The first-order chi connectivity index (χ1) is 6.10. The first kappa shape index (κ1) is 14.5. The van der Waals surface area contributed by atoms with Crippen molar-refractivity contribution in [3.8, 4) is 0 Å². The average molecular weight is 218 g/mol. The Hall–Kier alpha value is 0.511. The third-order valence-corrected chi connectivity index (χ3v) is 7.60. The van der Waals surface area contributed by atoms with Crippen molar-refractivity contribution in [1.82, 2.24) is 0 Å². The number of allylic oxidation sites excluding steroid dienone is 3. The molecule has 0 bridgehead atoms. The molecule has 0 aromatic carbocycles. The van der Waals surface area contributed by atoms with E-state index < -0.39 is 16.1 Å². The molecule has 0 heterocycles. The molecule has 0 aromatic rings. The van der Waals surface area contributed by atoms with Crippen LogP contribution >= 0.6 is 0 Å². The van der Waals surface area contributed by atoms with Gasteiger partial charge in [0, 0.05) is 0 Å². The van der Waals surface area contributed by atoms with E-state index in [4.69, 9.17) is 0 Å². The van der Waals surface area contributed by atoms with Gasteiger partial charge in [-0.25, -0.2) is 0 Å². The first-order valence-corrected chi connectivity index (χ1v) is 12.4. The van der Waals surface area contributed by atoms with Crippen molar-refractivity contribution >= 4 is 33.9 Å². The van der Waals surface area contributed by atoms with Gasteiger partial charge in [-0.1, -0.05) is 0 Å². The van der Waals surface area contributed by atoms with Crippen LogP contribution in [0.4, 0.5) is 0 Å². The summed E-state index contributed by atoms with van der Waals surface area (Å²) in [4.78, 5) is 0. The van der Waals surface area contributed by atoms with Gasteiger partial charge >= 0.3 is 101 Å². The first-order valence-electron chi connectivity index (χ1n) is 5.45. The van der Waals surface area contributed by atoms with E-state index in [-0.39, 0.29) is 0 Å². The summed E-state index contributed by atoms with van der Waals surface area (Å²) >= 11 is 2.35. The summed E-state index contributed by atoms with van der Waals surface area (Å²) in [6.07, 6.45) is 4.54. The van der Waals surface area contributed by atoms with Gasteiger partial charge in [-0.3, -0.25) is 0 Å². The van der Waals surface area contributed by atoms with Gasteiger partial charge in [0.05, 0.1) is 0 Å². The Morgan fingerprint density at radius 3 is 1.57 bits per heavy atom. The third kappa shape index (κ3) is 4.35. The summed E-state index contributed by atoms with van der Waals surface area (Å²) in [6, 6.07) is 0. The molecule has 0 aromatic heterocycles. The van der Waals surface area contributed by atoms with Crippen molar-refractivity contribution in [2.24, 2.45) is 0 Å². The molecule has 0 fully saturated rings. The topological polar surface area (TPSA) is 0 Å². The van der Waals surface area contributed by atoms with Crippen LogP contribution in [-0.2, 0) is 0 Å². The monoisotopic (exact) mass is 218 g/mol. The van der Waals surface area contributed by atoms with E-state index >= 15 is 0 Å². The normalized spacial score (nSPS) is 16.1. The van der Waals surface area contributed by atoms with Crippen LogP contribution in [0, 0.1) is 0 Å². The Bertz CT molecular complexity index is 251. The van der Waals surface area contributed by atoms with Crippen LogP contribution in [0.2, 0.25) is 39.3 Å². The van der Waals surface area contributed by atoms with Gasteiger partial charge in [-0.15, -0.1) is 0 Å². The Morgan fingerprint density at radius 2 is 1.36 bits per heavy atom. The van der Waals surface area contributed by atoms with E-state index in [1.165, 1.54) is 0 Å². The van der Waals surface area contributed by atoms with Crippen molar-refractivity contribution in [2.45, 2.75) is 46.2 Å². The molecule has 0 unspecified atom stereocenters. The predicted octanol–water partition coefficient (Wildman–Crippen LogP) is 3.74. The molecule has 0 nitrogen and oxygen atoms in total. The number of hydrogen-bond donors (Lipinski definition) is 0. The molecule has 0 aliphatic heterocycles. The van der Waals surface area contributed by atoms with Crippen LogP contribution in [0.15, 0.2) is 21.2 Å². The van der Waals surface area contributed by atoms with E-state index in [9.17, 15) is 0 Å². The second-order valence-electron chi connectivity index (χ2n) is 6.04. The quantitative estimate of drug-likeness (QED) is 0.500. The molecule has 0 aliphatic carbocycles. The summed E-state index contributed by atoms with van der Waals surface area (Å²) in [5.74, 6) is 0. The molecule has 0 aliphatic rings.